The van der Waals surface area contributed by atoms with Gasteiger partial charge in [-0.1, -0.05) is 0 Å². The lowest BCUT2D eigenvalue weighted by Gasteiger charge is -2.33. The predicted molar refractivity (Wildman–Crippen MR) is 40.4 cm³/mol. The molecule has 1 unspecified atom stereocenters. The third-order valence-electron chi connectivity index (χ3n) is 2.04. The van der Waals surface area contributed by atoms with Crippen molar-refractivity contribution in [1.82, 2.24) is 5.32 Å². The SMILES string of the molecule is CC1(C)CC(C#N)CCN1. The fourth-order valence-corrected chi connectivity index (χ4v) is 1.49. The topological polar surface area (TPSA) is 35.8 Å². The minimum absolute atomic E-state index is 0.179. The number of hydrogen-bond acceptors (Lipinski definition) is 2. The Hall–Kier alpha value is -0.550. The molecule has 0 aromatic rings. The Morgan fingerprint density at radius 1 is 1.60 bits per heavy atom. The predicted octanol–water partition coefficient (Wildman–Crippen LogP) is 1.29. The molecule has 0 aromatic heterocycles. The van der Waals surface area contributed by atoms with Gasteiger partial charge in [0.05, 0.1) is 6.07 Å². The summed E-state index contributed by atoms with van der Waals surface area (Å²) in [6.45, 7) is 5.29. The average molecular weight is 138 g/mol. The summed E-state index contributed by atoms with van der Waals surface area (Å²) >= 11 is 0. The zero-order valence-electron chi connectivity index (χ0n) is 6.65. The van der Waals surface area contributed by atoms with Crippen molar-refractivity contribution in [2.45, 2.75) is 32.2 Å². The first-order chi connectivity index (χ1) is 4.64. The van der Waals surface area contributed by atoms with E-state index in [9.17, 15) is 0 Å². The molecule has 1 aliphatic rings. The Kier molecular flexibility index (Phi) is 1.96. The van der Waals surface area contributed by atoms with Gasteiger partial charge in [0.15, 0.2) is 0 Å². The first kappa shape index (κ1) is 7.56. The van der Waals surface area contributed by atoms with E-state index in [4.69, 9.17) is 5.26 Å². The lowest BCUT2D eigenvalue weighted by atomic mass is 9.86. The van der Waals surface area contributed by atoms with Gasteiger partial charge >= 0.3 is 0 Å². The number of nitrogens with zero attached hydrogens (tertiary/aromatic N) is 1. The Morgan fingerprint density at radius 3 is 2.70 bits per heavy atom. The highest BCUT2D eigenvalue weighted by atomic mass is 15.0. The first-order valence-electron chi connectivity index (χ1n) is 3.79. The summed E-state index contributed by atoms with van der Waals surface area (Å²) in [5.41, 5.74) is 0.179. The molecule has 0 bridgehead atoms. The summed E-state index contributed by atoms with van der Waals surface area (Å²) < 4.78 is 0. The molecule has 1 atom stereocenters. The van der Waals surface area contributed by atoms with Crippen molar-refractivity contribution in [2.24, 2.45) is 5.92 Å². The van der Waals surface area contributed by atoms with E-state index < -0.39 is 0 Å². The molecule has 10 heavy (non-hydrogen) atoms. The molecular formula is C8H14N2. The number of nitriles is 1. The Balaban J connectivity index is 2.49. The summed E-state index contributed by atoms with van der Waals surface area (Å²) in [5, 5.41) is 12.0. The molecule has 2 heteroatoms. The molecule has 0 amide bonds. The van der Waals surface area contributed by atoms with Crippen LogP contribution in [-0.4, -0.2) is 12.1 Å². The molecule has 0 spiro atoms. The Bertz CT molecular complexity index is 155. The maximum atomic E-state index is 8.65. The maximum Gasteiger partial charge on any atom is 0.0657 e. The van der Waals surface area contributed by atoms with E-state index >= 15 is 0 Å². The third kappa shape index (κ3) is 1.71. The van der Waals surface area contributed by atoms with Crippen LogP contribution in [0.15, 0.2) is 0 Å². The van der Waals surface area contributed by atoms with Crippen LogP contribution in [0.3, 0.4) is 0 Å². The second kappa shape index (κ2) is 2.59. The first-order valence-corrected chi connectivity index (χ1v) is 3.79. The van der Waals surface area contributed by atoms with Gasteiger partial charge in [-0.15, -0.1) is 0 Å². The Labute approximate surface area is 62.2 Å². The van der Waals surface area contributed by atoms with E-state index in [1.165, 1.54) is 0 Å². The van der Waals surface area contributed by atoms with Gasteiger partial charge in [-0.05, 0) is 33.2 Å². The molecule has 1 N–H and O–H groups in total. The van der Waals surface area contributed by atoms with E-state index in [-0.39, 0.29) is 11.5 Å². The number of rotatable bonds is 0. The number of piperidine rings is 1. The van der Waals surface area contributed by atoms with Crippen LogP contribution in [0.1, 0.15) is 26.7 Å². The average Bonchev–Trinajstić information content (AvgIpc) is 1.86. The van der Waals surface area contributed by atoms with E-state index in [0.717, 1.165) is 19.4 Å². The monoisotopic (exact) mass is 138 g/mol. The van der Waals surface area contributed by atoms with Crippen molar-refractivity contribution >= 4 is 0 Å². The lowest BCUT2D eigenvalue weighted by Crippen LogP contribution is -2.45. The molecule has 0 radical (unpaired) electrons. The highest BCUT2D eigenvalue weighted by Gasteiger charge is 2.26. The molecule has 1 fully saturated rings. The fourth-order valence-electron chi connectivity index (χ4n) is 1.49. The highest BCUT2D eigenvalue weighted by molar-refractivity contribution is 4.94. The summed E-state index contributed by atoms with van der Waals surface area (Å²) in [4.78, 5) is 0. The van der Waals surface area contributed by atoms with Gasteiger partial charge in [0.1, 0.15) is 0 Å². The molecule has 0 saturated carbocycles. The summed E-state index contributed by atoms with van der Waals surface area (Å²) in [6.07, 6.45) is 2.00. The van der Waals surface area contributed by atoms with Crippen LogP contribution < -0.4 is 5.32 Å². The lowest BCUT2D eigenvalue weighted by molar-refractivity contribution is 0.265. The minimum atomic E-state index is 0.179. The fraction of sp³-hybridized carbons (Fsp3) is 0.875. The van der Waals surface area contributed by atoms with E-state index in [1.54, 1.807) is 0 Å². The molecule has 1 saturated heterocycles. The summed E-state index contributed by atoms with van der Waals surface area (Å²) in [5.74, 6) is 0.274. The zero-order chi connectivity index (χ0) is 7.61. The normalized spacial score (nSPS) is 31.1. The van der Waals surface area contributed by atoms with Gasteiger partial charge in [-0.2, -0.15) is 5.26 Å². The van der Waals surface area contributed by atoms with Crippen molar-refractivity contribution in [3.63, 3.8) is 0 Å². The van der Waals surface area contributed by atoms with Crippen LogP contribution in [0, 0.1) is 17.2 Å². The summed E-state index contributed by atoms with van der Waals surface area (Å²) in [7, 11) is 0. The molecule has 1 aliphatic heterocycles. The third-order valence-corrected chi connectivity index (χ3v) is 2.04. The van der Waals surface area contributed by atoms with Crippen molar-refractivity contribution in [3.8, 4) is 6.07 Å². The van der Waals surface area contributed by atoms with Gasteiger partial charge in [0.2, 0.25) is 0 Å². The number of nitrogens with one attached hydrogen (secondary N) is 1. The van der Waals surface area contributed by atoms with Crippen molar-refractivity contribution < 1.29 is 0 Å². The quantitative estimate of drug-likeness (QED) is 0.547. The molecule has 1 heterocycles. The van der Waals surface area contributed by atoms with E-state index in [2.05, 4.69) is 25.2 Å². The molecule has 2 nitrogen and oxygen atoms in total. The molecular weight excluding hydrogens is 124 g/mol. The van der Waals surface area contributed by atoms with Crippen molar-refractivity contribution in [1.29, 1.82) is 5.26 Å². The molecule has 0 aliphatic carbocycles. The Morgan fingerprint density at radius 2 is 2.30 bits per heavy atom. The van der Waals surface area contributed by atoms with Crippen molar-refractivity contribution in [3.05, 3.63) is 0 Å². The zero-order valence-corrected chi connectivity index (χ0v) is 6.65. The molecule has 0 aromatic carbocycles. The number of hydrogen-bond donors (Lipinski definition) is 1. The van der Waals surface area contributed by atoms with Gasteiger partial charge in [0, 0.05) is 11.5 Å². The van der Waals surface area contributed by atoms with Gasteiger partial charge in [-0.3, -0.25) is 0 Å². The summed E-state index contributed by atoms with van der Waals surface area (Å²) in [6, 6.07) is 2.32. The van der Waals surface area contributed by atoms with Crippen LogP contribution in [0.4, 0.5) is 0 Å². The maximum absolute atomic E-state index is 8.65. The van der Waals surface area contributed by atoms with Crippen LogP contribution in [0.2, 0.25) is 0 Å². The minimum Gasteiger partial charge on any atom is -0.312 e. The van der Waals surface area contributed by atoms with Crippen LogP contribution >= 0.6 is 0 Å². The van der Waals surface area contributed by atoms with Crippen LogP contribution in [-0.2, 0) is 0 Å². The van der Waals surface area contributed by atoms with Crippen LogP contribution in [0.25, 0.3) is 0 Å². The molecule has 56 valence electrons. The second-order valence-electron chi connectivity index (χ2n) is 3.63. The van der Waals surface area contributed by atoms with E-state index in [1.807, 2.05) is 0 Å². The van der Waals surface area contributed by atoms with Crippen molar-refractivity contribution in [2.75, 3.05) is 6.54 Å². The van der Waals surface area contributed by atoms with Crippen LogP contribution in [0.5, 0.6) is 0 Å². The van der Waals surface area contributed by atoms with Gasteiger partial charge < -0.3 is 5.32 Å². The smallest absolute Gasteiger partial charge is 0.0657 e. The molecule has 1 rings (SSSR count). The standard InChI is InChI=1S/C8H14N2/c1-8(2)5-7(6-9)3-4-10-8/h7,10H,3-5H2,1-2H3. The highest BCUT2D eigenvalue weighted by Crippen LogP contribution is 2.22. The van der Waals surface area contributed by atoms with Gasteiger partial charge in [0.25, 0.3) is 0 Å². The largest absolute Gasteiger partial charge is 0.312 e. The van der Waals surface area contributed by atoms with E-state index in [0.29, 0.717) is 0 Å². The van der Waals surface area contributed by atoms with Gasteiger partial charge in [-0.25, -0.2) is 0 Å². The second-order valence-corrected chi connectivity index (χ2v) is 3.63.